The van der Waals surface area contributed by atoms with Crippen LogP contribution >= 0.6 is 15.9 Å². The Hall–Kier alpha value is -2.26. The molecule has 146 valence electrons. The van der Waals surface area contributed by atoms with Crippen molar-refractivity contribution in [3.63, 3.8) is 0 Å². The standard InChI is InChI=1S/C25H29BrN2/c1-3-16-27-23-12-8-19(9-13-23)25(21-6-5-7-22(26)18-21)20-10-14-24(15-11-20)28-17-4-2/h5-15,18,25,27-28H,3-4,16-17H2,1-2H3. The molecule has 0 bridgehead atoms. The van der Waals surface area contributed by atoms with Crippen LogP contribution in [0.5, 0.6) is 0 Å². The van der Waals surface area contributed by atoms with Crippen molar-refractivity contribution in [2.45, 2.75) is 32.6 Å². The van der Waals surface area contributed by atoms with E-state index in [1.807, 2.05) is 0 Å². The third-order valence-electron chi connectivity index (χ3n) is 4.83. The van der Waals surface area contributed by atoms with E-state index in [1.54, 1.807) is 0 Å². The smallest absolute Gasteiger partial charge is 0.0340 e. The summed E-state index contributed by atoms with van der Waals surface area (Å²) >= 11 is 3.64. The molecule has 0 aliphatic heterocycles. The first-order valence-corrected chi connectivity index (χ1v) is 10.9. The molecule has 0 fully saturated rings. The molecule has 0 saturated heterocycles. The van der Waals surface area contributed by atoms with Crippen molar-refractivity contribution in [1.29, 1.82) is 0 Å². The molecule has 3 rings (SSSR count). The molecule has 0 unspecified atom stereocenters. The lowest BCUT2D eigenvalue weighted by Crippen LogP contribution is -2.05. The van der Waals surface area contributed by atoms with Crippen molar-refractivity contribution in [1.82, 2.24) is 0 Å². The van der Waals surface area contributed by atoms with Crippen LogP contribution in [0.15, 0.2) is 77.3 Å². The summed E-state index contributed by atoms with van der Waals surface area (Å²) in [5.41, 5.74) is 6.25. The minimum absolute atomic E-state index is 0.206. The zero-order valence-electron chi connectivity index (χ0n) is 16.7. The lowest BCUT2D eigenvalue weighted by atomic mass is 9.85. The van der Waals surface area contributed by atoms with Crippen molar-refractivity contribution in [2.75, 3.05) is 23.7 Å². The minimum atomic E-state index is 0.206. The van der Waals surface area contributed by atoms with E-state index in [4.69, 9.17) is 0 Å². The van der Waals surface area contributed by atoms with E-state index >= 15 is 0 Å². The number of benzene rings is 3. The predicted octanol–water partition coefficient (Wildman–Crippen LogP) is 7.27. The number of hydrogen-bond acceptors (Lipinski definition) is 2. The molecule has 0 amide bonds. The first-order chi connectivity index (χ1) is 13.7. The molecule has 3 aromatic carbocycles. The summed E-state index contributed by atoms with van der Waals surface area (Å²) in [7, 11) is 0. The normalized spacial score (nSPS) is 10.9. The summed E-state index contributed by atoms with van der Waals surface area (Å²) in [6.07, 6.45) is 2.25. The second-order valence-corrected chi connectivity index (χ2v) is 8.00. The highest BCUT2D eigenvalue weighted by atomic mass is 79.9. The van der Waals surface area contributed by atoms with Crippen molar-refractivity contribution in [3.8, 4) is 0 Å². The summed E-state index contributed by atoms with van der Waals surface area (Å²) in [5, 5.41) is 6.92. The topological polar surface area (TPSA) is 24.1 Å². The number of hydrogen-bond donors (Lipinski definition) is 2. The second-order valence-electron chi connectivity index (χ2n) is 7.09. The Balaban J connectivity index is 1.93. The number of rotatable bonds is 9. The molecular formula is C25H29BrN2. The van der Waals surface area contributed by atoms with Crippen LogP contribution < -0.4 is 10.6 Å². The van der Waals surface area contributed by atoms with Gasteiger partial charge in [-0.2, -0.15) is 0 Å². The zero-order valence-corrected chi connectivity index (χ0v) is 18.3. The highest BCUT2D eigenvalue weighted by molar-refractivity contribution is 9.10. The van der Waals surface area contributed by atoms with Gasteiger partial charge in [0.1, 0.15) is 0 Å². The van der Waals surface area contributed by atoms with Crippen molar-refractivity contribution in [3.05, 3.63) is 94.0 Å². The Labute approximate surface area is 177 Å². The summed E-state index contributed by atoms with van der Waals surface area (Å²) in [4.78, 5) is 0. The third kappa shape index (κ3) is 5.39. The molecule has 0 aliphatic carbocycles. The predicted molar refractivity (Wildman–Crippen MR) is 126 cm³/mol. The van der Waals surface area contributed by atoms with Crippen LogP contribution in [0.3, 0.4) is 0 Å². The van der Waals surface area contributed by atoms with Gasteiger partial charge in [-0.25, -0.2) is 0 Å². The molecule has 0 spiro atoms. The van der Waals surface area contributed by atoms with E-state index in [0.29, 0.717) is 0 Å². The van der Waals surface area contributed by atoms with Crippen LogP contribution in [-0.2, 0) is 0 Å². The van der Waals surface area contributed by atoms with E-state index < -0.39 is 0 Å². The van der Waals surface area contributed by atoms with Crippen LogP contribution in [-0.4, -0.2) is 13.1 Å². The van der Waals surface area contributed by atoms with E-state index in [1.165, 1.54) is 28.1 Å². The van der Waals surface area contributed by atoms with Gasteiger partial charge in [-0.05, 0) is 65.9 Å². The monoisotopic (exact) mass is 436 g/mol. The Bertz CT molecular complexity index is 805. The maximum Gasteiger partial charge on any atom is 0.0340 e. The average Bonchev–Trinajstić information content (AvgIpc) is 2.73. The first-order valence-electron chi connectivity index (χ1n) is 10.1. The number of anilines is 2. The zero-order chi connectivity index (χ0) is 19.8. The summed E-state index contributed by atoms with van der Waals surface area (Å²) < 4.78 is 1.11. The van der Waals surface area contributed by atoms with E-state index in [2.05, 4.69) is 113 Å². The fraction of sp³-hybridized carbons (Fsp3) is 0.280. The third-order valence-corrected chi connectivity index (χ3v) is 5.32. The molecule has 0 heterocycles. The fourth-order valence-electron chi connectivity index (χ4n) is 3.39. The van der Waals surface area contributed by atoms with Gasteiger partial charge in [0.2, 0.25) is 0 Å². The average molecular weight is 437 g/mol. The molecule has 3 aromatic rings. The van der Waals surface area contributed by atoms with Crippen LogP contribution in [0.1, 0.15) is 49.3 Å². The van der Waals surface area contributed by atoms with Gasteiger partial charge in [0.25, 0.3) is 0 Å². The van der Waals surface area contributed by atoms with Gasteiger partial charge < -0.3 is 10.6 Å². The van der Waals surface area contributed by atoms with Crippen molar-refractivity contribution in [2.24, 2.45) is 0 Å². The van der Waals surface area contributed by atoms with Gasteiger partial charge in [-0.1, -0.05) is 66.2 Å². The first kappa shape index (κ1) is 20.5. The summed E-state index contributed by atoms with van der Waals surface area (Å²) in [5.74, 6) is 0.206. The lowest BCUT2D eigenvalue weighted by Gasteiger charge is -2.20. The van der Waals surface area contributed by atoms with Crippen LogP contribution in [0, 0.1) is 0 Å². The van der Waals surface area contributed by atoms with Crippen LogP contribution in [0.4, 0.5) is 11.4 Å². The van der Waals surface area contributed by atoms with Gasteiger partial charge in [0.05, 0.1) is 0 Å². The summed E-state index contributed by atoms with van der Waals surface area (Å²) in [6, 6.07) is 26.3. The Morgan fingerprint density at radius 3 is 1.61 bits per heavy atom. The molecule has 2 N–H and O–H groups in total. The molecule has 2 nitrogen and oxygen atoms in total. The molecule has 0 atom stereocenters. The van der Waals surface area contributed by atoms with Crippen molar-refractivity contribution < 1.29 is 0 Å². The van der Waals surface area contributed by atoms with Gasteiger partial charge >= 0.3 is 0 Å². The highest BCUT2D eigenvalue weighted by Crippen LogP contribution is 2.34. The van der Waals surface area contributed by atoms with Gasteiger partial charge in [0, 0.05) is 34.9 Å². The minimum Gasteiger partial charge on any atom is -0.385 e. The van der Waals surface area contributed by atoms with Gasteiger partial charge in [-0.3, -0.25) is 0 Å². The quantitative estimate of drug-likeness (QED) is 0.344. The molecular weight excluding hydrogens is 408 g/mol. The van der Waals surface area contributed by atoms with E-state index in [9.17, 15) is 0 Å². The van der Waals surface area contributed by atoms with Crippen LogP contribution in [0.25, 0.3) is 0 Å². The maximum atomic E-state index is 3.64. The summed E-state index contributed by atoms with van der Waals surface area (Å²) in [6.45, 7) is 6.37. The van der Waals surface area contributed by atoms with Crippen molar-refractivity contribution >= 4 is 27.3 Å². The molecule has 0 saturated carbocycles. The lowest BCUT2D eigenvalue weighted by molar-refractivity contribution is 0.963. The Morgan fingerprint density at radius 2 is 1.18 bits per heavy atom. The Kier molecular flexibility index (Phi) is 7.55. The Morgan fingerprint density at radius 1 is 0.679 bits per heavy atom. The van der Waals surface area contributed by atoms with E-state index in [-0.39, 0.29) is 5.92 Å². The molecule has 28 heavy (non-hydrogen) atoms. The molecule has 3 heteroatoms. The second kappa shape index (κ2) is 10.3. The number of nitrogens with one attached hydrogen (secondary N) is 2. The largest absolute Gasteiger partial charge is 0.385 e. The van der Waals surface area contributed by atoms with E-state index in [0.717, 1.165) is 30.4 Å². The van der Waals surface area contributed by atoms with Gasteiger partial charge in [0.15, 0.2) is 0 Å². The van der Waals surface area contributed by atoms with Crippen LogP contribution in [0.2, 0.25) is 0 Å². The molecule has 0 aromatic heterocycles. The highest BCUT2D eigenvalue weighted by Gasteiger charge is 2.17. The molecule has 0 radical (unpaired) electrons. The SMILES string of the molecule is CCCNc1ccc(C(c2ccc(NCCC)cc2)c2cccc(Br)c2)cc1. The van der Waals surface area contributed by atoms with Gasteiger partial charge in [-0.15, -0.1) is 0 Å². The number of halogens is 1. The molecule has 0 aliphatic rings. The maximum absolute atomic E-state index is 3.64. The fourth-order valence-corrected chi connectivity index (χ4v) is 3.81.